The Morgan fingerprint density at radius 1 is 0.494 bits per heavy atom. The van der Waals surface area contributed by atoms with Crippen molar-refractivity contribution in [3.63, 3.8) is 0 Å². The highest BCUT2D eigenvalue weighted by molar-refractivity contribution is 6.07. The van der Waals surface area contributed by atoms with Crippen LogP contribution in [0.5, 0.6) is 11.5 Å². The first-order valence-electron chi connectivity index (χ1n) is 26.5. The molecule has 2 heterocycles. The fourth-order valence-electron chi connectivity index (χ4n) is 8.56. The van der Waals surface area contributed by atoms with Gasteiger partial charge in [0.2, 0.25) is 11.8 Å². The summed E-state index contributed by atoms with van der Waals surface area (Å²) < 4.78 is 15.7. The Hall–Kier alpha value is -12.3. The molecule has 24 nitrogen and oxygen atoms in total. The maximum atomic E-state index is 13.2. The Morgan fingerprint density at radius 2 is 0.931 bits per heavy atom. The normalized spacial score (nSPS) is 10.3. The maximum Gasteiger partial charge on any atom is 0.338 e. The van der Waals surface area contributed by atoms with Crippen LogP contribution in [0.1, 0.15) is 71.0 Å². The van der Waals surface area contributed by atoms with E-state index in [0.717, 1.165) is 5.56 Å². The molecule has 0 saturated carbocycles. The third-order valence-electron chi connectivity index (χ3n) is 12.8. The number of aromatic nitrogens is 4. The number of aromatic hydroxyl groups is 1. The number of benzene rings is 7. The van der Waals surface area contributed by atoms with Crippen LogP contribution in [0.25, 0.3) is 65.9 Å². The minimum atomic E-state index is -0.684. The molecule has 9 rings (SSSR count). The minimum Gasteiger partial charge on any atom is -0.508 e. The molecule has 87 heavy (non-hydrogen) atoms. The number of carbonyl (C=O) groups is 6. The van der Waals surface area contributed by atoms with E-state index in [1.165, 1.54) is 24.3 Å². The maximum absolute atomic E-state index is 13.2. The fourth-order valence-corrected chi connectivity index (χ4v) is 8.56. The summed E-state index contributed by atoms with van der Waals surface area (Å²) in [6.45, 7) is -0.471. The van der Waals surface area contributed by atoms with Crippen molar-refractivity contribution < 1.29 is 48.1 Å². The van der Waals surface area contributed by atoms with Gasteiger partial charge in [0.15, 0.2) is 13.5 Å². The Balaban J connectivity index is 0.000000229. The zero-order chi connectivity index (χ0) is 61.5. The SMILES string of the molecule is [N-]=[N+]=NCOC(=O)c1cccc(-c2nnc(-c3ccccc3NC(=O)c3ccc(O)cc3)cc2CCC(N)=O)c1.[N-]=[N+]=NCOC(=O)c1cccc(-c2nnc(-c3ccccc3NC(=O)c3ccc(OCc4ccccc4)cc3)cc2CCC(N)=O)c1. The molecule has 0 spiro atoms. The van der Waals surface area contributed by atoms with Gasteiger partial charge in [-0.3, -0.25) is 19.2 Å². The van der Waals surface area contributed by atoms with Gasteiger partial charge in [0, 0.05) is 56.0 Å². The molecule has 2 aromatic heterocycles. The Kier molecular flexibility index (Phi) is 21.1. The molecule has 9 aromatic rings. The van der Waals surface area contributed by atoms with E-state index in [0.29, 0.717) is 91.0 Å². The van der Waals surface area contributed by atoms with Crippen LogP contribution in [-0.4, -0.2) is 74.5 Å². The average Bonchev–Trinajstić information content (AvgIpc) is 3.37. The molecule has 0 radical (unpaired) electrons. The number of anilines is 2. The summed E-state index contributed by atoms with van der Waals surface area (Å²) in [6, 6.07) is 53.2. The number of amides is 4. The van der Waals surface area contributed by atoms with Crippen LogP contribution in [0.2, 0.25) is 0 Å². The largest absolute Gasteiger partial charge is 0.508 e. The van der Waals surface area contributed by atoms with Crippen LogP contribution in [0.3, 0.4) is 0 Å². The van der Waals surface area contributed by atoms with Crippen molar-refractivity contribution in [2.45, 2.75) is 32.3 Å². The van der Waals surface area contributed by atoms with Crippen molar-refractivity contribution >= 4 is 46.9 Å². The molecule has 0 atom stereocenters. The van der Waals surface area contributed by atoms with Gasteiger partial charge in [-0.05, 0) is 138 Å². The summed E-state index contributed by atoms with van der Waals surface area (Å²) in [4.78, 5) is 79.3. The summed E-state index contributed by atoms with van der Waals surface area (Å²) in [6.07, 6.45) is 0.605. The predicted molar refractivity (Wildman–Crippen MR) is 321 cm³/mol. The zero-order valence-electron chi connectivity index (χ0n) is 46.1. The molecule has 0 unspecified atom stereocenters. The highest BCUT2D eigenvalue weighted by Gasteiger charge is 2.20. The highest BCUT2D eigenvalue weighted by Crippen LogP contribution is 2.33. The molecule has 0 fully saturated rings. The average molecular weight is 1170 g/mol. The smallest absolute Gasteiger partial charge is 0.338 e. The van der Waals surface area contributed by atoms with Gasteiger partial charge >= 0.3 is 11.9 Å². The lowest BCUT2D eigenvalue weighted by Gasteiger charge is -2.14. The first-order valence-corrected chi connectivity index (χ1v) is 26.5. The van der Waals surface area contributed by atoms with Gasteiger partial charge in [-0.25, -0.2) is 9.59 Å². The molecular weight excluding hydrogens is 1110 g/mol. The monoisotopic (exact) mass is 1160 g/mol. The summed E-state index contributed by atoms with van der Waals surface area (Å²) in [5.41, 5.74) is 36.3. The van der Waals surface area contributed by atoms with Gasteiger partial charge in [-0.15, -0.1) is 20.4 Å². The minimum absolute atomic E-state index is 0.0469. The van der Waals surface area contributed by atoms with Crippen LogP contribution >= 0.6 is 0 Å². The third kappa shape index (κ3) is 17.2. The third-order valence-corrected chi connectivity index (χ3v) is 12.8. The number of phenolic OH excluding ortho intramolecular Hbond substituents is 1. The van der Waals surface area contributed by atoms with E-state index in [2.05, 4.69) is 51.1 Å². The van der Waals surface area contributed by atoms with Crippen LogP contribution < -0.4 is 26.8 Å². The number of azide groups is 2. The summed E-state index contributed by atoms with van der Waals surface area (Å²) in [7, 11) is 0. The number of hydrogen-bond acceptors (Lipinski definition) is 16. The number of carbonyl (C=O) groups excluding carboxylic acids is 6. The topological polar surface area (TPSA) is 376 Å². The van der Waals surface area contributed by atoms with Crippen molar-refractivity contribution in [1.82, 2.24) is 20.4 Å². The quantitative estimate of drug-likeness (QED) is 0.0172. The van der Waals surface area contributed by atoms with E-state index in [1.54, 1.807) is 127 Å². The van der Waals surface area contributed by atoms with Gasteiger partial charge in [-0.1, -0.05) is 101 Å². The van der Waals surface area contributed by atoms with Gasteiger partial charge in [0.05, 0.1) is 45.3 Å². The van der Waals surface area contributed by atoms with Crippen molar-refractivity contribution in [3.05, 3.63) is 248 Å². The molecule has 0 saturated heterocycles. The van der Waals surface area contributed by atoms with E-state index in [4.69, 9.17) is 36.7 Å². The van der Waals surface area contributed by atoms with Crippen LogP contribution in [-0.2, 0) is 38.5 Å². The predicted octanol–water partition coefficient (Wildman–Crippen LogP) is 11.1. The number of esters is 2. The number of hydrogen-bond donors (Lipinski definition) is 5. The van der Waals surface area contributed by atoms with Crippen LogP contribution in [0, 0.1) is 0 Å². The van der Waals surface area contributed by atoms with E-state index in [-0.39, 0.29) is 54.4 Å². The first-order chi connectivity index (χ1) is 42.3. The number of nitrogens with one attached hydrogen (secondary N) is 2. The van der Waals surface area contributed by atoms with E-state index >= 15 is 0 Å². The number of phenols is 1. The van der Waals surface area contributed by atoms with Gasteiger partial charge in [0.25, 0.3) is 11.8 Å². The number of para-hydroxylation sites is 2. The molecule has 4 amide bonds. The Morgan fingerprint density at radius 3 is 1.38 bits per heavy atom. The van der Waals surface area contributed by atoms with Crippen molar-refractivity contribution in [2.75, 3.05) is 24.1 Å². The molecule has 0 aliphatic rings. The Labute approximate surface area is 496 Å². The van der Waals surface area contributed by atoms with E-state index < -0.39 is 37.2 Å². The Bertz CT molecular complexity index is 4080. The molecule has 24 heteroatoms. The molecule has 0 aliphatic heterocycles. The summed E-state index contributed by atoms with van der Waals surface area (Å²) >= 11 is 0. The molecule has 434 valence electrons. The number of nitrogens with two attached hydrogens (primary N) is 2. The second-order valence-corrected chi connectivity index (χ2v) is 18.7. The lowest BCUT2D eigenvalue weighted by molar-refractivity contribution is -0.118. The molecule has 0 aliphatic carbocycles. The van der Waals surface area contributed by atoms with Crippen molar-refractivity contribution in [1.29, 1.82) is 0 Å². The standard InChI is InChI=1S/C35H29N7O5.C28H23N7O5/c36-32(43)18-15-26-20-31(40-41-33(26)25-9-6-10-27(19-25)35(45)47-22-38-42-37)29-11-4-5-12-30(29)39-34(44)24-13-16-28(17-14-24)46-21-23-7-2-1-3-8-23;29-25(37)13-10-19-15-24(22-6-1-2-7-23(22)32-27(38)17-8-11-21(36)12-9-17)33-34-26(19)18-4-3-5-20(14-18)28(39)40-16-31-35-30/h1-14,16-17,19-20H,15,18,21-22H2,(H2,36,43)(H,39,44);1-9,11-12,14-15,36H,10,13,16H2,(H2,29,37)(H,32,38). The molecule has 7 N–H and O–H groups in total. The number of primary amides is 2. The number of ether oxygens (including phenoxy) is 3. The lowest BCUT2D eigenvalue weighted by atomic mass is 9.98. The molecule has 7 aromatic carbocycles. The number of nitrogens with zero attached hydrogens (tertiary/aromatic N) is 10. The van der Waals surface area contributed by atoms with Gasteiger partial charge in [-0.2, -0.15) is 0 Å². The number of rotatable bonds is 23. The number of aryl methyl sites for hydroxylation is 2. The van der Waals surface area contributed by atoms with Gasteiger partial charge in [0.1, 0.15) is 18.1 Å². The zero-order valence-corrected chi connectivity index (χ0v) is 46.1. The van der Waals surface area contributed by atoms with Crippen LogP contribution in [0.15, 0.2) is 198 Å². The molecular formula is C63H52N14O10. The second-order valence-electron chi connectivity index (χ2n) is 18.7. The van der Waals surface area contributed by atoms with E-state index in [9.17, 15) is 33.9 Å². The summed E-state index contributed by atoms with van der Waals surface area (Å²) in [5.74, 6) is -2.37. The van der Waals surface area contributed by atoms with Gasteiger partial charge < -0.3 is 41.4 Å². The fraction of sp³-hybridized carbons (Fsp3) is 0.111. The first kappa shape index (κ1) is 60.8. The lowest BCUT2D eigenvalue weighted by Crippen LogP contribution is -2.13. The second kappa shape index (κ2) is 30.2. The van der Waals surface area contributed by atoms with Crippen molar-refractivity contribution in [2.24, 2.45) is 21.7 Å². The highest BCUT2D eigenvalue weighted by atomic mass is 16.5. The van der Waals surface area contributed by atoms with E-state index in [1.807, 2.05) is 36.4 Å². The van der Waals surface area contributed by atoms with Crippen LogP contribution in [0.4, 0.5) is 11.4 Å². The van der Waals surface area contributed by atoms with Crippen molar-refractivity contribution in [3.8, 4) is 56.5 Å². The molecule has 0 bridgehead atoms. The summed E-state index contributed by atoms with van der Waals surface area (Å²) in [5, 5.41) is 39.4.